The summed E-state index contributed by atoms with van der Waals surface area (Å²) in [6.45, 7) is 2.26. The van der Waals surface area contributed by atoms with Crippen LogP contribution in [0.1, 0.15) is 27.2 Å². The molecule has 0 saturated heterocycles. The topological polar surface area (TPSA) is 75.3 Å². The lowest BCUT2D eigenvalue weighted by Gasteiger charge is -2.08. The van der Waals surface area contributed by atoms with Gasteiger partial charge in [0.2, 0.25) is 0 Å². The highest BCUT2D eigenvalue weighted by molar-refractivity contribution is 5.89. The van der Waals surface area contributed by atoms with Crippen LogP contribution in [-0.4, -0.2) is 13.1 Å². The summed E-state index contributed by atoms with van der Waals surface area (Å²) in [4.78, 5) is 11.3. The minimum Gasteiger partial charge on any atom is -0.467 e. The first kappa shape index (κ1) is 13.7. The zero-order valence-electron chi connectivity index (χ0n) is 11.3. The molecule has 0 unspecified atom stereocenters. The highest BCUT2D eigenvalue weighted by Crippen LogP contribution is 2.19. The lowest BCUT2D eigenvalue weighted by atomic mass is 10.1. The first-order chi connectivity index (χ1) is 9.65. The number of hydrogen-bond donors (Lipinski definition) is 1. The summed E-state index contributed by atoms with van der Waals surface area (Å²) >= 11 is 0. The standard InChI is InChI=1S/C15H14N2O3/c1-10-4-3-5-14(13(10)7-16)17-8-12-6-11(9-20-12)15(18)19-2/h3-6,9,17H,8H2,1-2H3. The average molecular weight is 270 g/mol. The number of hydrogen-bond acceptors (Lipinski definition) is 5. The summed E-state index contributed by atoms with van der Waals surface area (Å²) in [7, 11) is 1.32. The third-order valence-electron chi connectivity index (χ3n) is 2.91. The van der Waals surface area contributed by atoms with E-state index in [0.29, 0.717) is 23.4 Å². The van der Waals surface area contributed by atoms with Gasteiger partial charge in [0, 0.05) is 0 Å². The number of esters is 1. The monoisotopic (exact) mass is 270 g/mol. The Balaban J connectivity index is 2.10. The van der Waals surface area contributed by atoms with Gasteiger partial charge in [-0.1, -0.05) is 12.1 Å². The van der Waals surface area contributed by atoms with E-state index >= 15 is 0 Å². The van der Waals surface area contributed by atoms with Crippen molar-refractivity contribution in [1.29, 1.82) is 5.26 Å². The van der Waals surface area contributed by atoms with Gasteiger partial charge in [-0.3, -0.25) is 0 Å². The van der Waals surface area contributed by atoms with Gasteiger partial charge < -0.3 is 14.5 Å². The number of carbonyl (C=O) groups is 1. The minimum atomic E-state index is -0.437. The summed E-state index contributed by atoms with van der Waals surface area (Å²) in [5.41, 5.74) is 2.62. The van der Waals surface area contributed by atoms with Crippen LogP contribution >= 0.6 is 0 Å². The van der Waals surface area contributed by atoms with Gasteiger partial charge in [0.1, 0.15) is 18.1 Å². The van der Waals surface area contributed by atoms with E-state index in [-0.39, 0.29) is 0 Å². The van der Waals surface area contributed by atoms with Crippen LogP contribution in [0.15, 0.2) is 34.9 Å². The Bertz CT molecular complexity index is 668. The zero-order chi connectivity index (χ0) is 14.5. The summed E-state index contributed by atoms with van der Waals surface area (Å²) in [5.74, 6) is 0.157. The summed E-state index contributed by atoms with van der Waals surface area (Å²) in [6, 6.07) is 9.36. The van der Waals surface area contributed by atoms with Crippen molar-refractivity contribution in [2.75, 3.05) is 12.4 Å². The van der Waals surface area contributed by atoms with Crippen molar-refractivity contribution in [2.45, 2.75) is 13.5 Å². The number of methoxy groups -OCH3 is 1. The van der Waals surface area contributed by atoms with Crippen molar-refractivity contribution < 1.29 is 13.9 Å². The zero-order valence-corrected chi connectivity index (χ0v) is 11.3. The van der Waals surface area contributed by atoms with Crippen LogP contribution in [0.25, 0.3) is 0 Å². The molecule has 20 heavy (non-hydrogen) atoms. The molecule has 5 heteroatoms. The van der Waals surface area contributed by atoms with E-state index in [0.717, 1.165) is 11.3 Å². The van der Waals surface area contributed by atoms with Crippen LogP contribution in [0.3, 0.4) is 0 Å². The van der Waals surface area contributed by atoms with Crippen LogP contribution < -0.4 is 5.32 Å². The summed E-state index contributed by atoms with van der Waals surface area (Å²) in [6.07, 6.45) is 1.35. The Labute approximate surface area is 116 Å². The molecule has 2 rings (SSSR count). The van der Waals surface area contributed by atoms with Gasteiger partial charge in [-0.15, -0.1) is 0 Å². The fourth-order valence-electron chi connectivity index (χ4n) is 1.84. The maximum Gasteiger partial charge on any atom is 0.341 e. The Hall–Kier alpha value is -2.74. The number of anilines is 1. The van der Waals surface area contributed by atoms with E-state index in [4.69, 9.17) is 9.68 Å². The Morgan fingerprint density at radius 1 is 1.50 bits per heavy atom. The Morgan fingerprint density at radius 3 is 3.00 bits per heavy atom. The normalized spacial score (nSPS) is 9.85. The smallest absolute Gasteiger partial charge is 0.341 e. The molecule has 0 atom stereocenters. The third kappa shape index (κ3) is 2.81. The quantitative estimate of drug-likeness (QED) is 0.864. The number of nitrogens with one attached hydrogen (secondary N) is 1. The first-order valence-corrected chi connectivity index (χ1v) is 6.05. The molecule has 0 fully saturated rings. The molecule has 2 aromatic rings. The van der Waals surface area contributed by atoms with Crippen molar-refractivity contribution in [1.82, 2.24) is 0 Å². The molecule has 0 saturated carbocycles. The van der Waals surface area contributed by atoms with Crippen LogP contribution in [0, 0.1) is 18.3 Å². The molecule has 1 aromatic heterocycles. The van der Waals surface area contributed by atoms with Gasteiger partial charge in [-0.25, -0.2) is 4.79 Å². The first-order valence-electron chi connectivity index (χ1n) is 6.05. The van der Waals surface area contributed by atoms with Crippen LogP contribution in [0.4, 0.5) is 5.69 Å². The second-order valence-electron chi connectivity index (χ2n) is 4.26. The maximum absolute atomic E-state index is 11.3. The fourth-order valence-corrected chi connectivity index (χ4v) is 1.84. The van der Waals surface area contributed by atoms with E-state index < -0.39 is 5.97 Å². The molecule has 0 bridgehead atoms. The predicted molar refractivity (Wildman–Crippen MR) is 73.3 cm³/mol. The molecule has 0 aliphatic rings. The molecule has 0 amide bonds. The molecule has 0 spiro atoms. The number of rotatable bonds is 4. The second-order valence-corrected chi connectivity index (χ2v) is 4.26. The van der Waals surface area contributed by atoms with Gasteiger partial charge in [-0.05, 0) is 24.6 Å². The van der Waals surface area contributed by atoms with Crippen LogP contribution in [0.5, 0.6) is 0 Å². The molecule has 102 valence electrons. The molecule has 0 radical (unpaired) electrons. The van der Waals surface area contributed by atoms with Gasteiger partial charge in [0.05, 0.1) is 30.5 Å². The number of carbonyl (C=O) groups excluding carboxylic acids is 1. The number of furan rings is 1. The van der Waals surface area contributed by atoms with Crippen molar-refractivity contribution in [3.8, 4) is 6.07 Å². The Morgan fingerprint density at radius 2 is 2.30 bits per heavy atom. The molecule has 1 N–H and O–H groups in total. The van der Waals surface area contributed by atoms with E-state index in [9.17, 15) is 4.79 Å². The van der Waals surface area contributed by atoms with E-state index in [1.165, 1.54) is 13.4 Å². The van der Waals surface area contributed by atoms with E-state index in [2.05, 4.69) is 16.1 Å². The second kappa shape index (κ2) is 5.93. The average Bonchev–Trinajstić information content (AvgIpc) is 2.93. The molecule has 0 aliphatic heterocycles. The largest absolute Gasteiger partial charge is 0.467 e. The number of aryl methyl sites for hydroxylation is 1. The fraction of sp³-hybridized carbons (Fsp3) is 0.200. The van der Waals surface area contributed by atoms with E-state index in [1.807, 2.05) is 25.1 Å². The number of nitriles is 1. The molecule has 0 aliphatic carbocycles. The molecular formula is C15H14N2O3. The van der Waals surface area contributed by atoms with Crippen molar-refractivity contribution in [3.05, 3.63) is 53.0 Å². The summed E-state index contributed by atoms with van der Waals surface area (Å²) < 4.78 is 9.87. The molecule has 5 nitrogen and oxygen atoms in total. The van der Waals surface area contributed by atoms with Gasteiger partial charge in [0.25, 0.3) is 0 Å². The lowest BCUT2D eigenvalue weighted by molar-refractivity contribution is 0.0600. The number of benzene rings is 1. The van der Waals surface area contributed by atoms with Gasteiger partial charge in [0.15, 0.2) is 0 Å². The van der Waals surface area contributed by atoms with Crippen molar-refractivity contribution >= 4 is 11.7 Å². The molecular weight excluding hydrogens is 256 g/mol. The predicted octanol–water partition coefficient (Wildman–Crippen LogP) is 2.86. The number of nitrogens with zero attached hydrogens (tertiary/aromatic N) is 1. The van der Waals surface area contributed by atoms with Gasteiger partial charge >= 0.3 is 5.97 Å². The molecule has 1 aromatic carbocycles. The maximum atomic E-state index is 11.3. The molecule has 1 heterocycles. The van der Waals surface area contributed by atoms with Gasteiger partial charge in [-0.2, -0.15) is 5.26 Å². The highest BCUT2D eigenvalue weighted by atomic mass is 16.5. The van der Waals surface area contributed by atoms with Crippen LogP contribution in [0.2, 0.25) is 0 Å². The van der Waals surface area contributed by atoms with Crippen LogP contribution in [-0.2, 0) is 11.3 Å². The van der Waals surface area contributed by atoms with Crippen molar-refractivity contribution in [2.24, 2.45) is 0 Å². The lowest BCUT2D eigenvalue weighted by Crippen LogP contribution is -2.02. The highest BCUT2D eigenvalue weighted by Gasteiger charge is 2.10. The SMILES string of the molecule is COC(=O)c1coc(CNc2cccc(C)c2C#N)c1. The summed E-state index contributed by atoms with van der Waals surface area (Å²) in [5, 5.41) is 12.3. The van der Waals surface area contributed by atoms with E-state index in [1.54, 1.807) is 6.07 Å². The Kier molecular flexibility index (Phi) is 4.06. The minimum absolute atomic E-state index is 0.369. The number of ether oxygens (including phenoxy) is 1. The third-order valence-corrected chi connectivity index (χ3v) is 2.91. The van der Waals surface area contributed by atoms with Crippen molar-refractivity contribution in [3.63, 3.8) is 0 Å².